The molecule has 1 fully saturated rings. The molecule has 7 nitrogen and oxygen atoms in total. The van der Waals surface area contributed by atoms with Crippen molar-refractivity contribution in [2.75, 3.05) is 18.4 Å². The smallest absolute Gasteiger partial charge is 0.349 e. The van der Waals surface area contributed by atoms with Crippen molar-refractivity contribution >= 4 is 11.5 Å². The second-order valence-corrected chi connectivity index (χ2v) is 4.92. The molecule has 2 aromatic heterocycles. The van der Waals surface area contributed by atoms with E-state index in [4.69, 9.17) is 0 Å². The van der Waals surface area contributed by atoms with Gasteiger partial charge in [-0.1, -0.05) is 0 Å². The van der Waals surface area contributed by atoms with Crippen molar-refractivity contribution in [2.24, 2.45) is 0 Å². The number of rotatable bonds is 6. The number of nitrogens with zero attached hydrogens (tertiary/aromatic N) is 3. The van der Waals surface area contributed by atoms with E-state index in [0.717, 1.165) is 31.4 Å². The van der Waals surface area contributed by atoms with Crippen LogP contribution in [-0.2, 0) is 0 Å². The van der Waals surface area contributed by atoms with Crippen molar-refractivity contribution in [1.29, 1.82) is 0 Å². The Balaban J connectivity index is 1.59. The molecule has 2 aromatic rings. The number of H-pyrrole nitrogens is 1. The molecule has 0 spiro atoms. The Kier molecular flexibility index (Phi) is 3.20. The van der Waals surface area contributed by atoms with Crippen LogP contribution >= 0.6 is 0 Å². The second kappa shape index (κ2) is 5.00. The Labute approximate surface area is 110 Å². The molecule has 1 saturated carbocycles. The van der Waals surface area contributed by atoms with Gasteiger partial charge in [0.25, 0.3) is 0 Å². The highest BCUT2D eigenvalue weighted by atomic mass is 16.1. The van der Waals surface area contributed by atoms with E-state index in [2.05, 4.69) is 25.8 Å². The minimum absolute atomic E-state index is 0.250. The molecule has 3 rings (SSSR count). The number of hydrogen-bond acceptors (Lipinski definition) is 5. The molecular formula is C12H18N6O. The van der Waals surface area contributed by atoms with Gasteiger partial charge in [-0.05, 0) is 32.7 Å². The lowest BCUT2D eigenvalue weighted by Crippen LogP contribution is -2.20. The molecule has 0 saturated heterocycles. The molecule has 2 heterocycles. The van der Waals surface area contributed by atoms with Gasteiger partial charge in [0.2, 0.25) is 0 Å². The van der Waals surface area contributed by atoms with E-state index >= 15 is 0 Å². The van der Waals surface area contributed by atoms with Crippen LogP contribution in [0.3, 0.4) is 0 Å². The van der Waals surface area contributed by atoms with Crippen LogP contribution in [0.25, 0.3) is 5.65 Å². The molecule has 0 radical (unpaired) electrons. The van der Waals surface area contributed by atoms with Crippen molar-refractivity contribution in [2.45, 2.75) is 32.2 Å². The zero-order valence-corrected chi connectivity index (χ0v) is 10.9. The van der Waals surface area contributed by atoms with Gasteiger partial charge in [-0.3, -0.25) is 0 Å². The molecule has 1 aliphatic carbocycles. The number of fused-ring (bicyclic) bond motifs is 1. The van der Waals surface area contributed by atoms with Crippen LogP contribution in [0.15, 0.2) is 10.9 Å². The van der Waals surface area contributed by atoms with Crippen LogP contribution in [0.1, 0.15) is 25.1 Å². The lowest BCUT2D eigenvalue weighted by molar-refractivity contribution is 0.658. The molecule has 0 amide bonds. The van der Waals surface area contributed by atoms with Crippen LogP contribution in [0, 0.1) is 6.92 Å². The third-order valence-corrected chi connectivity index (χ3v) is 3.24. The quantitative estimate of drug-likeness (QED) is 0.651. The van der Waals surface area contributed by atoms with Crippen LogP contribution in [0.2, 0.25) is 0 Å². The Bertz CT molecular complexity index is 627. The van der Waals surface area contributed by atoms with E-state index in [1.807, 2.05) is 0 Å². The Morgan fingerprint density at radius 1 is 1.47 bits per heavy atom. The Morgan fingerprint density at radius 3 is 3.11 bits per heavy atom. The first kappa shape index (κ1) is 12.2. The molecule has 7 heteroatoms. The van der Waals surface area contributed by atoms with Crippen LogP contribution in [-0.4, -0.2) is 38.7 Å². The molecule has 0 aliphatic heterocycles. The summed E-state index contributed by atoms with van der Waals surface area (Å²) in [6.45, 7) is 3.68. The van der Waals surface area contributed by atoms with Crippen molar-refractivity contribution in [3.63, 3.8) is 0 Å². The summed E-state index contributed by atoms with van der Waals surface area (Å²) in [6, 6.07) is 2.53. The first-order valence-corrected chi connectivity index (χ1v) is 6.66. The summed E-state index contributed by atoms with van der Waals surface area (Å²) in [5, 5.41) is 13.1. The van der Waals surface area contributed by atoms with E-state index in [1.54, 1.807) is 13.0 Å². The van der Waals surface area contributed by atoms with Gasteiger partial charge in [-0.15, -0.1) is 0 Å². The number of anilines is 1. The maximum Gasteiger partial charge on any atom is 0.349 e. The zero-order chi connectivity index (χ0) is 13.2. The normalized spacial score (nSPS) is 15.0. The number of aryl methyl sites for hydroxylation is 1. The highest BCUT2D eigenvalue weighted by Crippen LogP contribution is 2.18. The van der Waals surface area contributed by atoms with Crippen molar-refractivity contribution < 1.29 is 0 Å². The first-order valence-electron chi connectivity index (χ1n) is 6.66. The average Bonchev–Trinajstić information content (AvgIpc) is 3.12. The Hall–Kier alpha value is -1.89. The van der Waals surface area contributed by atoms with E-state index in [9.17, 15) is 4.79 Å². The van der Waals surface area contributed by atoms with Gasteiger partial charge in [0.15, 0.2) is 5.65 Å². The lowest BCUT2D eigenvalue weighted by atomic mass is 10.4. The minimum atomic E-state index is -0.250. The fraction of sp³-hybridized carbons (Fsp3) is 0.583. The number of hydrogen-bond donors (Lipinski definition) is 3. The number of nitrogens with one attached hydrogen (secondary N) is 3. The molecule has 0 bridgehead atoms. The van der Waals surface area contributed by atoms with E-state index in [-0.39, 0.29) is 5.69 Å². The zero-order valence-electron chi connectivity index (χ0n) is 10.9. The highest BCUT2D eigenvalue weighted by molar-refractivity contribution is 5.49. The van der Waals surface area contributed by atoms with E-state index in [1.165, 1.54) is 17.2 Å². The van der Waals surface area contributed by atoms with Crippen molar-refractivity contribution in [1.82, 2.24) is 24.9 Å². The van der Waals surface area contributed by atoms with Crippen molar-refractivity contribution in [3.8, 4) is 0 Å². The van der Waals surface area contributed by atoms with Crippen LogP contribution in [0.5, 0.6) is 0 Å². The van der Waals surface area contributed by atoms with Gasteiger partial charge in [0, 0.05) is 18.7 Å². The monoisotopic (exact) mass is 262 g/mol. The molecule has 19 heavy (non-hydrogen) atoms. The van der Waals surface area contributed by atoms with Gasteiger partial charge in [-0.25, -0.2) is 19.3 Å². The summed E-state index contributed by atoms with van der Waals surface area (Å²) in [5.74, 6) is 1.39. The highest BCUT2D eigenvalue weighted by Gasteiger charge is 2.19. The van der Waals surface area contributed by atoms with Gasteiger partial charge >= 0.3 is 5.69 Å². The van der Waals surface area contributed by atoms with Crippen LogP contribution < -0.4 is 16.3 Å². The molecule has 1 aliphatic rings. The standard InChI is InChI=1S/C12H18N6O/c1-8-15-10(7-11-16-17-12(19)18(8)11)14-6-2-5-13-9-3-4-9/h7,9,13-14H,2-6H2,1H3,(H,17,19). The summed E-state index contributed by atoms with van der Waals surface area (Å²) < 4.78 is 1.46. The first-order chi connectivity index (χ1) is 9.24. The topological polar surface area (TPSA) is 87.1 Å². The second-order valence-electron chi connectivity index (χ2n) is 4.92. The molecule has 0 aromatic carbocycles. The van der Waals surface area contributed by atoms with E-state index in [0.29, 0.717) is 11.5 Å². The summed E-state index contributed by atoms with van der Waals surface area (Å²) in [5.41, 5.74) is 0.344. The van der Waals surface area contributed by atoms with E-state index < -0.39 is 0 Å². The minimum Gasteiger partial charge on any atom is -0.370 e. The fourth-order valence-electron chi connectivity index (χ4n) is 2.09. The van der Waals surface area contributed by atoms with Gasteiger partial charge in [0.05, 0.1) is 0 Å². The van der Waals surface area contributed by atoms with Gasteiger partial charge in [-0.2, -0.15) is 5.10 Å². The SMILES string of the molecule is Cc1nc(NCCCNC2CC2)cc2n[nH]c(=O)n12. The molecule has 3 N–H and O–H groups in total. The maximum absolute atomic E-state index is 11.5. The molecule has 0 atom stereocenters. The van der Waals surface area contributed by atoms with Crippen LogP contribution in [0.4, 0.5) is 5.82 Å². The summed E-state index contributed by atoms with van der Waals surface area (Å²) in [6.07, 6.45) is 3.69. The third kappa shape index (κ3) is 2.76. The molecular weight excluding hydrogens is 244 g/mol. The summed E-state index contributed by atoms with van der Waals surface area (Å²) >= 11 is 0. The number of aromatic amines is 1. The van der Waals surface area contributed by atoms with Gasteiger partial charge in [0.1, 0.15) is 11.6 Å². The largest absolute Gasteiger partial charge is 0.370 e. The predicted octanol–water partition coefficient (Wildman–Crippen LogP) is 0.280. The third-order valence-electron chi connectivity index (χ3n) is 3.24. The number of aromatic nitrogens is 4. The lowest BCUT2D eigenvalue weighted by Gasteiger charge is -2.07. The fourth-order valence-corrected chi connectivity index (χ4v) is 2.09. The molecule has 0 unspecified atom stereocenters. The van der Waals surface area contributed by atoms with Crippen molar-refractivity contribution in [3.05, 3.63) is 22.4 Å². The maximum atomic E-state index is 11.5. The predicted molar refractivity (Wildman–Crippen MR) is 72.5 cm³/mol. The summed E-state index contributed by atoms with van der Waals surface area (Å²) in [4.78, 5) is 15.8. The summed E-state index contributed by atoms with van der Waals surface area (Å²) in [7, 11) is 0. The average molecular weight is 262 g/mol. The Morgan fingerprint density at radius 2 is 2.32 bits per heavy atom. The van der Waals surface area contributed by atoms with Gasteiger partial charge < -0.3 is 10.6 Å². The molecule has 102 valence electrons.